The Hall–Kier alpha value is -1.07. The average molecular weight is 239 g/mol. The quantitative estimate of drug-likeness (QED) is 0.849. The van der Waals surface area contributed by atoms with Crippen molar-refractivity contribution in [1.82, 2.24) is 9.78 Å². The van der Waals surface area contributed by atoms with Crippen LogP contribution in [0, 0.1) is 6.92 Å². The number of nitrogens with zero attached hydrogens (tertiary/aromatic N) is 3. The minimum Gasteiger partial charge on any atom is -0.391 e. The van der Waals surface area contributed by atoms with E-state index in [0.29, 0.717) is 6.10 Å². The van der Waals surface area contributed by atoms with Crippen molar-refractivity contribution in [3.05, 3.63) is 11.3 Å². The Morgan fingerprint density at radius 3 is 2.59 bits per heavy atom. The fraction of sp³-hybridized carbons (Fsp3) is 0.750. The van der Waals surface area contributed by atoms with Crippen LogP contribution in [0.5, 0.6) is 0 Å². The molecule has 96 valence electrons. The van der Waals surface area contributed by atoms with Crippen molar-refractivity contribution >= 4 is 5.82 Å². The van der Waals surface area contributed by atoms with E-state index in [9.17, 15) is 5.11 Å². The third-order valence-corrected chi connectivity index (χ3v) is 3.55. The largest absolute Gasteiger partial charge is 0.391 e. The van der Waals surface area contributed by atoms with E-state index < -0.39 is 0 Å². The number of piperidine rings is 1. The normalized spacial score (nSPS) is 17.8. The molecule has 1 fully saturated rings. The standard InChI is InChI=1S/C12H21N3O2/c1-9-11(8-16)12(14(2)13-9)15-6-4-10(17-3)5-7-15/h10,16H,4-8H2,1-3H3. The third kappa shape index (κ3) is 2.30. The van der Waals surface area contributed by atoms with Gasteiger partial charge in [-0.1, -0.05) is 0 Å². The highest BCUT2D eigenvalue weighted by molar-refractivity contribution is 5.50. The summed E-state index contributed by atoms with van der Waals surface area (Å²) in [5, 5.41) is 13.8. The third-order valence-electron chi connectivity index (χ3n) is 3.55. The molecule has 0 aliphatic carbocycles. The summed E-state index contributed by atoms with van der Waals surface area (Å²) in [7, 11) is 3.71. The van der Waals surface area contributed by atoms with Crippen LogP contribution in [0.4, 0.5) is 5.82 Å². The summed E-state index contributed by atoms with van der Waals surface area (Å²) in [5.41, 5.74) is 1.86. The van der Waals surface area contributed by atoms with Gasteiger partial charge in [-0.3, -0.25) is 4.68 Å². The molecular formula is C12H21N3O2. The average Bonchev–Trinajstić information content (AvgIpc) is 2.63. The first-order valence-electron chi connectivity index (χ1n) is 6.08. The van der Waals surface area contributed by atoms with E-state index >= 15 is 0 Å². The first-order valence-corrected chi connectivity index (χ1v) is 6.08. The van der Waals surface area contributed by atoms with Crippen molar-refractivity contribution in [2.24, 2.45) is 7.05 Å². The topological polar surface area (TPSA) is 50.5 Å². The number of aromatic nitrogens is 2. The van der Waals surface area contributed by atoms with E-state index in [2.05, 4.69) is 10.00 Å². The molecular weight excluding hydrogens is 218 g/mol. The van der Waals surface area contributed by atoms with Crippen molar-refractivity contribution in [2.45, 2.75) is 32.5 Å². The number of hydrogen-bond acceptors (Lipinski definition) is 4. The highest BCUT2D eigenvalue weighted by Gasteiger charge is 2.24. The summed E-state index contributed by atoms with van der Waals surface area (Å²) in [5.74, 6) is 1.06. The Morgan fingerprint density at radius 1 is 1.41 bits per heavy atom. The Bertz CT molecular complexity index is 381. The smallest absolute Gasteiger partial charge is 0.132 e. The van der Waals surface area contributed by atoms with Gasteiger partial charge in [-0.05, 0) is 19.8 Å². The summed E-state index contributed by atoms with van der Waals surface area (Å²) in [4.78, 5) is 2.29. The number of rotatable bonds is 3. The molecule has 0 spiro atoms. The molecule has 2 rings (SSSR count). The van der Waals surface area contributed by atoms with Gasteiger partial charge in [0.2, 0.25) is 0 Å². The summed E-state index contributed by atoms with van der Waals surface area (Å²) in [6, 6.07) is 0. The molecule has 17 heavy (non-hydrogen) atoms. The van der Waals surface area contributed by atoms with Gasteiger partial charge in [-0.15, -0.1) is 0 Å². The molecule has 0 atom stereocenters. The Morgan fingerprint density at radius 2 is 2.06 bits per heavy atom. The predicted octanol–water partition coefficient (Wildman–Crippen LogP) is 0.836. The van der Waals surface area contributed by atoms with Crippen LogP contribution >= 0.6 is 0 Å². The number of anilines is 1. The van der Waals surface area contributed by atoms with E-state index in [1.165, 1.54) is 0 Å². The monoisotopic (exact) mass is 239 g/mol. The van der Waals surface area contributed by atoms with Crippen molar-refractivity contribution in [3.63, 3.8) is 0 Å². The summed E-state index contributed by atoms with van der Waals surface area (Å²) < 4.78 is 7.24. The number of hydrogen-bond donors (Lipinski definition) is 1. The van der Waals surface area contributed by atoms with Crippen LogP contribution in [0.25, 0.3) is 0 Å². The molecule has 0 saturated carbocycles. The molecule has 0 bridgehead atoms. The molecule has 5 heteroatoms. The van der Waals surface area contributed by atoms with Crippen molar-refractivity contribution < 1.29 is 9.84 Å². The lowest BCUT2D eigenvalue weighted by molar-refractivity contribution is 0.0816. The first kappa shape index (κ1) is 12.4. The molecule has 1 aliphatic rings. The lowest BCUT2D eigenvalue weighted by atomic mass is 10.1. The SMILES string of the molecule is COC1CCN(c2c(CO)c(C)nn2C)CC1. The number of methoxy groups -OCH3 is 1. The molecule has 0 radical (unpaired) electrons. The zero-order chi connectivity index (χ0) is 12.4. The van der Waals surface area contributed by atoms with Crippen LogP contribution in [0.2, 0.25) is 0 Å². The zero-order valence-electron chi connectivity index (χ0n) is 10.8. The van der Waals surface area contributed by atoms with Crippen molar-refractivity contribution in [1.29, 1.82) is 0 Å². The fourth-order valence-electron chi connectivity index (χ4n) is 2.57. The van der Waals surface area contributed by atoms with Gasteiger partial charge in [0.15, 0.2) is 0 Å². The van der Waals surface area contributed by atoms with Crippen LogP contribution < -0.4 is 4.90 Å². The van der Waals surface area contributed by atoms with Crippen LogP contribution in [0.15, 0.2) is 0 Å². The first-order chi connectivity index (χ1) is 8.17. The highest BCUT2D eigenvalue weighted by Crippen LogP contribution is 2.26. The van der Waals surface area contributed by atoms with Crippen LogP contribution in [-0.2, 0) is 18.4 Å². The zero-order valence-corrected chi connectivity index (χ0v) is 10.8. The molecule has 1 N–H and O–H groups in total. The van der Waals surface area contributed by atoms with Crippen molar-refractivity contribution in [3.8, 4) is 0 Å². The van der Waals surface area contributed by atoms with Gasteiger partial charge in [0, 0.05) is 32.8 Å². The molecule has 0 unspecified atom stereocenters. The van der Waals surface area contributed by atoms with Crippen molar-refractivity contribution in [2.75, 3.05) is 25.1 Å². The van der Waals surface area contributed by atoms with Crippen LogP contribution in [0.1, 0.15) is 24.1 Å². The van der Waals surface area contributed by atoms with Gasteiger partial charge in [0.1, 0.15) is 5.82 Å². The van der Waals surface area contributed by atoms with E-state index in [-0.39, 0.29) is 6.61 Å². The maximum absolute atomic E-state index is 9.44. The van der Waals surface area contributed by atoms with Crippen LogP contribution in [-0.4, -0.2) is 41.2 Å². The molecule has 0 aromatic carbocycles. The second kappa shape index (κ2) is 5.06. The minimum absolute atomic E-state index is 0.0548. The summed E-state index contributed by atoms with van der Waals surface area (Å²) in [6.45, 7) is 3.92. The van der Waals surface area contributed by atoms with Gasteiger partial charge >= 0.3 is 0 Å². The predicted molar refractivity (Wildman–Crippen MR) is 66.1 cm³/mol. The Labute approximate surface area is 102 Å². The van der Waals surface area contributed by atoms with E-state index in [0.717, 1.165) is 43.0 Å². The van der Waals surface area contributed by atoms with E-state index in [1.807, 2.05) is 18.7 Å². The van der Waals surface area contributed by atoms with E-state index in [1.54, 1.807) is 7.11 Å². The molecule has 2 heterocycles. The molecule has 1 aromatic rings. The van der Waals surface area contributed by atoms with E-state index in [4.69, 9.17) is 4.74 Å². The second-order valence-electron chi connectivity index (χ2n) is 4.59. The molecule has 1 aromatic heterocycles. The van der Waals surface area contributed by atoms with Gasteiger partial charge in [-0.2, -0.15) is 5.10 Å². The number of aryl methyl sites for hydroxylation is 2. The number of aliphatic hydroxyl groups excluding tert-OH is 1. The van der Waals surface area contributed by atoms with Crippen LogP contribution in [0.3, 0.4) is 0 Å². The summed E-state index contributed by atoms with van der Waals surface area (Å²) in [6.07, 6.45) is 2.44. The highest BCUT2D eigenvalue weighted by atomic mass is 16.5. The van der Waals surface area contributed by atoms with Gasteiger partial charge in [0.25, 0.3) is 0 Å². The molecule has 1 aliphatic heterocycles. The fourth-order valence-corrected chi connectivity index (χ4v) is 2.57. The second-order valence-corrected chi connectivity index (χ2v) is 4.59. The van der Waals surface area contributed by atoms with Gasteiger partial charge < -0.3 is 14.7 Å². The molecule has 0 amide bonds. The van der Waals surface area contributed by atoms with Gasteiger partial charge in [-0.25, -0.2) is 0 Å². The lowest BCUT2D eigenvalue weighted by Crippen LogP contribution is -2.38. The molecule has 5 nitrogen and oxygen atoms in total. The molecule has 1 saturated heterocycles. The number of aliphatic hydroxyl groups is 1. The Balaban J connectivity index is 2.18. The maximum Gasteiger partial charge on any atom is 0.132 e. The maximum atomic E-state index is 9.44. The lowest BCUT2D eigenvalue weighted by Gasteiger charge is -2.33. The summed E-state index contributed by atoms with van der Waals surface area (Å²) >= 11 is 0. The minimum atomic E-state index is 0.0548. The van der Waals surface area contributed by atoms with Gasteiger partial charge in [0.05, 0.1) is 18.4 Å². The Kier molecular flexibility index (Phi) is 3.69. The number of ether oxygens (including phenoxy) is 1.